The van der Waals surface area contributed by atoms with Crippen molar-refractivity contribution in [3.05, 3.63) is 52.8 Å². The summed E-state index contributed by atoms with van der Waals surface area (Å²) in [6.07, 6.45) is -2.77. The lowest BCUT2D eigenvalue weighted by Crippen LogP contribution is -2.48. The molecule has 4 heterocycles. The predicted octanol–water partition coefficient (Wildman–Crippen LogP) is 3.46. The molecule has 0 spiro atoms. The maximum Gasteiger partial charge on any atom is 0.408 e. The summed E-state index contributed by atoms with van der Waals surface area (Å²) in [6, 6.07) is 6.41. The average molecular weight is 507 g/mol. The van der Waals surface area contributed by atoms with Crippen LogP contribution in [0.3, 0.4) is 0 Å². The van der Waals surface area contributed by atoms with E-state index in [1.165, 1.54) is 16.9 Å². The largest absolute Gasteiger partial charge is 0.408 e. The van der Waals surface area contributed by atoms with Crippen LogP contribution in [0.25, 0.3) is 10.9 Å². The van der Waals surface area contributed by atoms with Crippen LogP contribution in [-0.2, 0) is 11.3 Å². The molecule has 2 N–H and O–H groups in total. The summed E-state index contributed by atoms with van der Waals surface area (Å²) in [5.41, 5.74) is 7.36. The van der Waals surface area contributed by atoms with Crippen molar-refractivity contribution >= 4 is 40.1 Å². The van der Waals surface area contributed by atoms with Crippen LogP contribution in [0, 0.1) is 0 Å². The molecule has 8 nitrogen and oxygen atoms in total. The summed E-state index contributed by atoms with van der Waals surface area (Å²) in [4.78, 5) is 32.0. The van der Waals surface area contributed by atoms with E-state index >= 15 is 0 Å². The van der Waals surface area contributed by atoms with Gasteiger partial charge in [-0.25, -0.2) is 4.98 Å². The van der Waals surface area contributed by atoms with Crippen molar-refractivity contribution < 1.29 is 22.8 Å². The Kier molecular flexibility index (Phi) is 5.82. The number of nitrogens with zero attached hydrogens (tertiary/aromatic N) is 5. The standard InChI is InChI=1S/C23H22ClF3N6O2/c24-15-3-4-17-16(9-15)21(14-10-31(11-14)22(35)13-5-6-29-19(28)8-13)30-33(17)12-20(34)32-7-1-2-18(32)23(25,26)27/h3-6,8-9,14,18H,1-2,7,10-12H2,(H2,28,29)/t18-/m0/s1. The monoisotopic (exact) mass is 506 g/mol. The van der Waals surface area contributed by atoms with E-state index in [2.05, 4.69) is 10.1 Å². The van der Waals surface area contributed by atoms with Gasteiger partial charge in [0.1, 0.15) is 18.4 Å². The molecule has 12 heteroatoms. The first-order chi connectivity index (χ1) is 16.6. The van der Waals surface area contributed by atoms with Gasteiger partial charge < -0.3 is 15.5 Å². The number of carbonyl (C=O) groups excluding carboxylic acids is 2. The molecule has 2 aliphatic rings. The SMILES string of the molecule is Nc1cc(C(=O)N2CC(c3nn(CC(=O)N4CCC[C@H]4C(F)(F)F)c4ccc(Cl)cc34)C2)ccn1. The highest BCUT2D eigenvalue weighted by molar-refractivity contribution is 6.31. The van der Waals surface area contributed by atoms with Crippen LogP contribution < -0.4 is 5.73 Å². The number of fused-ring (bicyclic) bond motifs is 1. The predicted molar refractivity (Wildman–Crippen MR) is 123 cm³/mol. The number of likely N-dealkylation sites (tertiary alicyclic amines) is 2. The highest BCUT2D eigenvalue weighted by atomic mass is 35.5. The third-order valence-electron chi connectivity index (χ3n) is 6.56. The van der Waals surface area contributed by atoms with Crippen molar-refractivity contribution in [1.82, 2.24) is 24.6 Å². The van der Waals surface area contributed by atoms with Gasteiger partial charge in [-0.15, -0.1) is 0 Å². The average Bonchev–Trinajstić information content (AvgIpc) is 3.38. The summed E-state index contributed by atoms with van der Waals surface area (Å²) in [5, 5.41) is 5.78. The van der Waals surface area contributed by atoms with E-state index in [4.69, 9.17) is 17.3 Å². The molecular weight excluding hydrogens is 485 g/mol. The molecule has 2 aromatic heterocycles. The summed E-state index contributed by atoms with van der Waals surface area (Å²) in [6.45, 7) is 0.558. The van der Waals surface area contributed by atoms with Crippen LogP contribution in [-0.4, -0.2) is 68.2 Å². The summed E-state index contributed by atoms with van der Waals surface area (Å²) < 4.78 is 41.5. The van der Waals surface area contributed by atoms with E-state index < -0.39 is 18.1 Å². The number of halogens is 4. The molecule has 5 rings (SSSR count). The molecule has 3 aromatic rings. The van der Waals surface area contributed by atoms with Crippen molar-refractivity contribution in [3.63, 3.8) is 0 Å². The van der Waals surface area contributed by atoms with Gasteiger partial charge in [-0.05, 0) is 43.2 Å². The minimum absolute atomic E-state index is 0.0696. The molecule has 0 bridgehead atoms. The smallest absolute Gasteiger partial charge is 0.384 e. The number of pyridine rings is 1. The molecule has 0 saturated carbocycles. The van der Waals surface area contributed by atoms with Gasteiger partial charge >= 0.3 is 6.18 Å². The molecule has 35 heavy (non-hydrogen) atoms. The van der Waals surface area contributed by atoms with E-state index in [0.717, 1.165) is 4.90 Å². The fourth-order valence-electron chi connectivity index (χ4n) is 4.80. The Morgan fingerprint density at radius 1 is 1.17 bits per heavy atom. The number of alkyl halides is 3. The van der Waals surface area contributed by atoms with E-state index in [0.29, 0.717) is 46.7 Å². The van der Waals surface area contributed by atoms with Gasteiger partial charge in [0.25, 0.3) is 5.91 Å². The number of carbonyl (C=O) groups is 2. The number of amides is 2. The first kappa shape index (κ1) is 23.4. The Hall–Kier alpha value is -3.34. The molecule has 0 radical (unpaired) electrons. The molecule has 2 saturated heterocycles. The third kappa shape index (κ3) is 4.40. The number of anilines is 1. The topological polar surface area (TPSA) is 97.3 Å². The van der Waals surface area contributed by atoms with Gasteiger partial charge in [-0.2, -0.15) is 18.3 Å². The molecule has 2 amide bonds. The van der Waals surface area contributed by atoms with Crippen molar-refractivity contribution in [2.24, 2.45) is 0 Å². The van der Waals surface area contributed by atoms with Gasteiger partial charge in [-0.3, -0.25) is 14.3 Å². The Balaban J connectivity index is 1.37. The summed E-state index contributed by atoms with van der Waals surface area (Å²) in [5.74, 6) is -0.663. The second kappa shape index (κ2) is 8.71. The molecule has 0 aliphatic carbocycles. The van der Waals surface area contributed by atoms with Gasteiger partial charge in [-0.1, -0.05) is 11.6 Å². The number of hydrogen-bond donors (Lipinski definition) is 1. The Morgan fingerprint density at radius 2 is 1.94 bits per heavy atom. The zero-order valence-electron chi connectivity index (χ0n) is 18.5. The normalized spacial score (nSPS) is 18.8. The quantitative estimate of drug-likeness (QED) is 0.584. The minimum atomic E-state index is -4.46. The van der Waals surface area contributed by atoms with E-state index in [-0.39, 0.29) is 37.2 Å². The molecule has 1 atom stereocenters. The summed E-state index contributed by atoms with van der Waals surface area (Å²) in [7, 11) is 0. The lowest BCUT2D eigenvalue weighted by Gasteiger charge is -2.38. The zero-order valence-corrected chi connectivity index (χ0v) is 19.3. The summed E-state index contributed by atoms with van der Waals surface area (Å²) >= 11 is 6.20. The molecule has 184 valence electrons. The van der Waals surface area contributed by atoms with Gasteiger partial charge in [0.2, 0.25) is 5.91 Å². The van der Waals surface area contributed by atoms with Crippen LogP contribution in [0.15, 0.2) is 36.5 Å². The van der Waals surface area contributed by atoms with E-state index in [9.17, 15) is 22.8 Å². The van der Waals surface area contributed by atoms with Gasteiger partial charge in [0, 0.05) is 47.7 Å². The maximum atomic E-state index is 13.3. The third-order valence-corrected chi connectivity index (χ3v) is 6.80. The van der Waals surface area contributed by atoms with E-state index in [1.807, 2.05) is 0 Å². The first-order valence-electron chi connectivity index (χ1n) is 11.1. The maximum absolute atomic E-state index is 13.3. The molecular formula is C23H22ClF3N6O2. The second-order valence-corrected chi connectivity index (χ2v) is 9.30. The van der Waals surface area contributed by atoms with Crippen molar-refractivity contribution in [3.8, 4) is 0 Å². The molecule has 2 aliphatic heterocycles. The number of rotatable bonds is 4. The van der Waals surface area contributed by atoms with Gasteiger partial charge in [0.15, 0.2) is 0 Å². The van der Waals surface area contributed by atoms with E-state index in [1.54, 1.807) is 29.2 Å². The number of benzene rings is 1. The van der Waals surface area contributed by atoms with Crippen molar-refractivity contribution in [2.45, 2.75) is 37.5 Å². The van der Waals surface area contributed by atoms with Crippen molar-refractivity contribution in [2.75, 3.05) is 25.4 Å². The number of nitrogens with two attached hydrogens (primary N) is 1. The van der Waals surface area contributed by atoms with Crippen LogP contribution in [0.2, 0.25) is 5.02 Å². The molecule has 2 fully saturated rings. The molecule has 1 aromatic carbocycles. The second-order valence-electron chi connectivity index (χ2n) is 8.87. The number of hydrogen-bond acceptors (Lipinski definition) is 5. The Morgan fingerprint density at radius 3 is 2.66 bits per heavy atom. The van der Waals surface area contributed by atoms with Crippen molar-refractivity contribution in [1.29, 1.82) is 0 Å². The minimum Gasteiger partial charge on any atom is -0.384 e. The molecule has 0 unspecified atom stereocenters. The number of nitrogen functional groups attached to an aromatic ring is 1. The van der Waals surface area contributed by atoms with Crippen LogP contribution in [0.4, 0.5) is 19.0 Å². The van der Waals surface area contributed by atoms with Gasteiger partial charge in [0.05, 0.1) is 11.2 Å². The lowest BCUT2D eigenvalue weighted by molar-refractivity contribution is -0.183. The van der Waals surface area contributed by atoms with Crippen LogP contribution in [0.5, 0.6) is 0 Å². The Bertz CT molecular complexity index is 1300. The fourth-order valence-corrected chi connectivity index (χ4v) is 4.98. The number of aromatic nitrogens is 3. The fraction of sp³-hybridized carbons (Fsp3) is 0.391. The van der Waals surface area contributed by atoms with Crippen LogP contribution in [0.1, 0.15) is 34.8 Å². The first-order valence-corrected chi connectivity index (χ1v) is 11.5. The van der Waals surface area contributed by atoms with Crippen LogP contribution >= 0.6 is 11.6 Å². The lowest BCUT2D eigenvalue weighted by atomic mass is 9.93. The highest BCUT2D eigenvalue weighted by Gasteiger charge is 2.47. The Labute approximate surface area is 203 Å². The zero-order chi connectivity index (χ0) is 24.9. The highest BCUT2D eigenvalue weighted by Crippen LogP contribution is 2.35.